The molecule has 0 fully saturated rings. The summed E-state index contributed by atoms with van der Waals surface area (Å²) in [5.74, 6) is -1.20. The minimum absolute atomic E-state index is 0.305. The zero-order chi connectivity index (χ0) is 14.8. The number of carbonyl (C=O) groups is 1. The Bertz CT molecular complexity index is 717. The number of hydrogen-bond donors (Lipinski definition) is 2. The predicted octanol–water partition coefficient (Wildman–Crippen LogP) is 1.79. The van der Waals surface area contributed by atoms with Gasteiger partial charge >= 0.3 is 5.97 Å². The Morgan fingerprint density at radius 2 is 1.85 bits per heavy atom. The number of carboxylic acid groups (broad SMARTS) is 1. The van der Waals surface area contributed by atoms with E-state index in [9.17, 15) is 13.2 Å². The molecule has 0 aliphatic carbocycles. The topological polar surface area (TPSA) is 106 Å². The first kappa shape index (κ1) is 13.9. The van der Waals surface area contributed by atoms with Crippen LogP contribution in [0.2, 0.25) is 0 Å². The molecule has 0 saturated heterocycles. The molecule has 0 saturated carbocycles. The van der Waals surface area contributed by atoms with Crippen LogP contribution in [-0.4, -0.2) is 26.6 Å². The van der Waals surface area contributed by atoms with Gasteiger partial charge in [-0.05, 0) is 36.4 Å². The van der Waals surface area contributed by atoms with Crippen molar-refractivity contribution in [2.45, 2.75) is 5.09 Å². The van der Waals surface area contributed by atoms with Crippen molar-refractivity contribution < 1.29 is 27.5 Å². The molecule has 2 aromatic rings. The zero-order valence-corrected chi connectivity index (χ0v) is 11.2. The Hall–Kier alpha value is -2.48. The first-order chi connectivity index (χ1) is 9.42. The first-order valence-corrected chi connectivity index (χ1v) is 6.91. The van der Waals surface area contributed by atoms with E-state index in [0.29, 0.717) is 11.4 Å². The van der Waals surface area contributed by atoms with Gasteiger partial charge in [-0.1, -0.05) is 0 Å². The van der Waals surface area contributed by atoms with Gasteiger partial charge in [0.1, 0.15) is 5.75 Å². The van der Waals surface area contributed by atoms with Crippen LogP contribution in [0.15, 0.2) is 45.9 Å². The quantitative estimate of drug-likeness (QED) is 0.871. The van der Waals surface area contributed by atoms with Crippen molar-refractivity contribution in [3.05, 3.63) is 42.2 Å². The maximum Gasteiger partial charge on any atom is 0.371 e. The Morgan fingerprint density at radius 3 is 2.35 bits per heavy atom. The molecule has 1 aromatic heterocycles. The molecule has 2 N–H and O–H groups in total. The summed E-state index contributed by atoms with van der Waals surface area (Å²) in [6.07, 6.45) is 0. The summed E-state index contributed by atoms with van der Waals surface area (Å²) in [5, 5.41) is 8.22. The van der Waals surface area contributed by atoms with Crippen molar-refractivity contribution in [3.8, 4) is 5.75 Å². The number of hydrogen-bond acceptors (Lipinski definition) is 5. The highest BCUT2D eigenvalue weighted by molar-refractivity contribution is 7.92. The van der Waals surface area contributed by atoms with E-state index >= 15 is 0 Å². The lowest BCUT2D eigenvalue weighted by atomic mass is 10.3. The number of furan rings is 1. The van der Waals surface area contributed by atoms with Gasteiger partial charge in [-0.2, -0.15) is 8.42 Å². The average molecular weight is 297 g/mol. The first-order valence-electron chi connectivity index (χ1n) is 5.42. The summed E-state index contributed by atoms with van der Waals surface area (Å²) in [6, 6.07) is 8.35. The highest BCUT2D eigenvalue weighted by Gasteiger charge is 2.21. The molecule has 0 unspecified atom stereocenters. The van der Waals surface area contributed by atoms with Crippen molar-refractivity contribution >= 4 is 21.7 Å². The number of carboxylic acids is 1. The average Bonchev–Trinajstić information content (AvgIpc) is 2.90. The van der Waals surface area contributed by atoms with Crippen molar-refractivity contribution in [3.63, 3.8) is 0 Å². The fourth-order valence-electron chi connectivity index (χ4n) is 1.44. The van der Waals surface area contributed by atoms with Crippen LogP contribution < -0.4 is 9.46 Å². The molecule has 2 rings (SSSR count). The van der Waals surface area contributed by atoms with Crippen LogP contribution in [0.3, 0.4) is 0 Å². The van der Waals surface area contributed by atoms with Crippen LogP contribution in [0, 0.1) is 0 Å². The number of ether oxygens (including phenoxy) is 1. The SMILES string of the molecule is COc1ccc(NS(=O)(=O)c2ccc(C(=O)O)o2)cc1. The normalized spacial score (nSPS) is 11.1. The molecule has 0 aliphatic rings. The van der Waals surface area contributed by atoms with E-state index < -0.39 is 26.8 Å². The van der Waals surface area contributed by atoms with Gasteiger partial charge < -0.3 is 14.3 Å². The molecule has 0 aliphatic heterocycles. The standard InChI is InChI=1S/C12H11NO6S/c1-18-9-4-2-8(3-5-9)13-20(16,17)11-7-6-10(19-11)12(14)15/h2-7,13H,1H3,(H,14,15). The van der Waals surface area contributed by atoms with Crippen LogP contribution in [0.25, 0.3) is 0 Å². The molecule has 1 aromatic carbocycles. The molecule has 8 heteroatoms. The molecule has 20 heavy (non-hydrogen) atoms. The molecule has 1 heterocycles. The van der Waals surface area contributed by atoms with Crippen LogP contribution in [0.1, 0.15) is 10.6 Å². The van der Waals surface area contributed by atoms with Gasteiger partial charge in [0, 0.05) is 5.69 Å². The maximum absolute atomic E-state index is 12.0. The number of rotatable bonds is 5. The monoisotopic (exact) mass is 297 g/mol. The van der Waals surface area contributed by atoms with Gasteiger partial charge in [-0.15, -0.1) is 0 Å². The number of aromatic carboxylic acids is 1. The molecular weight excluding hydrogens is 286 g/mol. The third-order valence-electron chi connectivity index (χ3n) is 2.40. The fraction of sp³-hybridized carbons (Fsp3) is 0.0833. The van der Waals surface area contributed by atoms with Crippen LogP contribution in [0.5, 0.6) is 5.75 Å². The fourth-order valence-corrected chi connectivity index (χ4v) is 2.44. The molecule has 7 nitrogen and oxygen atoms in total. The second-order valence-electron chi connectivity index (χ2n) is 3.76. The van der Waals surface area contributed by atoms with Gasteiger partial charge in [0.25, 0.3) is 10.0 Å². The largest absolute Gasteiger partial charge is 0.497 e. The summed E-state index contributed by atoms with van der Waals surface area (Å²) >= 11 is 0. The third kappa shape index (κ3) is 2.91. The molecule has 0 bridgehead atoms. The van der Waals surface area contributed by atoms with E-state index in [2.05, 4.69) is 4.72 Å². The second-order valence-corrected chi connectivity index (χ2v) is 5.37. The summed E-state index contributed by atoms with van der Waals surface area (Å²) in [4.78, 5) is 10.6. The lowest BCUT2D eigenvalue weighted by Gasteiger charge is -2.06. The zero-order valence-electron chi connectivity index (χ0n) is 10.4. The van der Waals surface area contributed by atoms with E-state index in [0.717, 1.165) is 12.1 Å². The highest BCUT2D eigenvalue weighted by atomic mass is 32.2. The minimum Gasteiger partial charge on any atom is -0.497 e. The van der Waals surface area contributed by atoms with Crippen molar-refractivity contribution in [1.82, 2.24) is 0 Å². The van der Waals surface area contributed by atoms with Gasteiger partial charge in [0.05, 0.1) is 7.11 Å². The Kier molecular flexibility index (Phi) is 3.66. The maximum atomic E-state index is 12.0. The lowest BCUT2D eigenvalue weighted by Crippen LogP contribution is -2.12. The molecule has 0 radical (unpaired) electrons. The van der Waals surface area contributed by atoms with E-state index in [1.54, 1.807) is 12.1 Å². The van der Waals surface area contributed by atoms with Crippen molar-refractivity contribution in [1.29, 1.82) is 0 Å². The van der Waals surface area contributed by atoms with Crippen LogP contribution in [-0.2, 0) is 10.0 Å². The van der Waals surface area contributed by atoms with Gasteiger partial charge in [0.2, 0.25) is 10.9 Å². The van der Waals surface area contributed by atoms with Crippen molar-refractivity contribution in [2.24, 2.45) is 0 Å². The summed E-state index contributed by atoms with van der Waals surface area (Å²) in [6.45, 7) is 0. The smallest absolute Gasteiger partial charge is 0.371 e. The van der Waals surface area contributed by atoms with E-state index in [-0.39, 0.29) is 0 Å². The Balaban J connectivity index is 2.23. The summed E-state index contributed by atoms with van der Waals surface area (Å²) in [7, 11) is -2.47. The molecule has 0 spiro atoms. The summed E-state index contributed by atoms with van der Waals surface area (Å²) < 4.78 is 35.9. The number of nitrogens with one attached hydrogen (secondary N) is 1. The summed E-state index contributed by atoms with van der Waals surface area (Å²) in [5.41, 5.74) is 0.305. The molecule has 0 atom stereocenters. The number of methoxy groups -OCH3 is 1. The van der Waals surface area contributed by atoms with Crippen molar-refractivity contribution in [2.75, 3.05) is 11.8 Å². The number of anilines is 1. The van der Waals surface area contributed by atoms with Crippen LogP contribution in [0.4, 0.5) is 5.69 Å². The number of benzene rings is 1. The minimum atomic E-state index is -3.97. The Labute approximate surface area is 114 Å². The second kappa shape index (κ2) is 5.25. The highest BCUT2D eigenvalue weighted by Crippen LogP contribution is 2.20. The van der Waals surface area contributed by atoms with Gasteiger partial charge in [-0.3, -0.25) is 4.72 Å². The predicted molar refractivity (Wildman–Crippen MR) is 69.5 cm³/mol. The number of sulfonamides is 1. The van der Waals surface area contributed by atoms with Gasteiger partial charge in [-0.25, -0.2) is 4.79 Å². The van der Waals surface area contributed by atoms with E-state index in [1.165, 1.54) is 19.2 Å². The van der Waals surface area contributed by atoms with E-state index in [4.69, 9.17) is 14.3 Å². The van der Waals surface area contributed by atoms with Crippen LogP contribution >= 0.6 is 0 Å². The Morgan fingerprint density at radius 1 is 1.20 bits per heavy atom. The lowest BCUT2D eigenvalue weighted by molar-refractivity contribution is 0.0656. The van der Waals surface area contributed by atoms with E-state index in [1.807, 2.05) is 0 Å². The molecular formula is C12H11NO6S. The molecule has 106 valence electrons. The third-order valence-corrected chi connectivity index (χ3v) is 3.65. The molecule has 0 amide bonds. The van der Waals surface area contributed by atoms with Gasteiger partial charge in [0.15, 0.2) is 0 Å².